The van der Waals surface area contributed by atoms with Crippen LogP contribution in [-0.2, 0) is 10.0 Å². The van der Waals surface area contributed by atoms with Gasteiger partial charge in [0.05, 0.1) is 11.5 Å². The maximum Gasteiger partial charge on any atom is 0.243 e. The van der Waals surface area contributed by atoms with Gasteiger partial charge in [0.1, 0.15) is 5.82 Å². The zero-order valence-corrected chi connectivity index (χ0v) is 9.54. The number of nitrogens with two attached hydrogens (primary N) is 1. The molecule has 0 heterocycles. The topological polar surface area (TPSA) is 83.6 Å². The lowest BCUT2D eigenvalue weighted by Gasteiger charge is -2.16. The van der Waals surface area contributed by atoms with Crippen molar-refractivity contribution in [1.82, 2.24) is 4.31 Å². The van der Waals surface area contributed by atoms with Crippen molar-refractivity contribution in [3.8, 4) is 0 Å². The van der Waals surface area contributed by atoms with E-state index >= 15 is 0 Å². The van der Waals surface area contributed by atoms with Gasteiger partial charge in [-0.05, 0) is 18.2 Å². The van der Waals surface area contributed by atoms with Crippen LogP contribution in [0.4, 0.5) is 10.1 Å². The Bertz CT molecular complexity index is 455. The van der Waals surface area contributed by atoms with E-state index in [2.05, 4.69) is 0 Å². The predicted molar refractivity (Wildman–Crippen MR) is 57.7 cm³/mol. The fourth-order valence-electron chi connectivity index (χ4n) is 1.17. The van der Waals surface area contributed by atoms with Gasteiger partial charge in [0.15, 0.2) is 0 Å². The van der Waals surface area contributed by atoms with Crippen molar-refractivity contribution in [2.75, 3.05) is 25.9 Å². The Morgan fingerprint density at radius 1 is 1.44 bits per heavy atom. The summed E-state index contributed by atoms with van der Waals surface area (Å²) in [6, 6.07) is 3.09. The van der Waals surface area contributed by atoms with Gasteiger partial charge in [0, 0.05) is 19.3 Å². The molecule has 0 atom stereocenters. The molecule has 0 aromatic heterocycles. The summed E-state index contributed by atoms with van der Waals surface area (Å²) in [5.74, 6) is -0.712. The van der Waals surface area contributed by atoms with Crippen molar-refractivity contribution in [1.29, 1.82) is 0 Å². The molecular weight excluding hydrogens is 235 g/mol. The quantitative estimate of drug-likeness (QED) is 0.736. The SMILES string of the molecule is CN(CCO)S(=O)(=O)c1cc(N)cc(F)c1. The normalized spacial score (nSPS) is 12.0. The van der Waals surface area contributed by atoms with Gasteiger partial charge in [0.2, 0.25) is 10.0 Å². The molecule has 0 bridgehead atoms. The number of benzene rings is 1. The summed E-state index contributed by atoms with van der Waals surface area (Å²) in [5.41, 5.74) is 5.40. The molecule has 1 aromatic rings. The molecule has 90 valence electrons. The van der Waals surface area contributed by atoms with E-state index in [9.17, 15) is 12.8 Å². The average Bonchev–Trinajstić information content (AvgIpc) is 2.16. The van der Waals surface area contributed by atoms with Crippen LogP contribution in [0.3, 0.4) is 0 Å². The van der Waals surface area contributed by atoms with Crippen molar-refractivity contribution in [2.45, 2.75) is 4.90 Å². The number of hydrogen-bond acceptors (Lipinski definition) is 4. The Labute approximate surface area is 93.3 Å². The molecule has 16 heavy (non-hydrogen) atoms. The number of nitrogen functional groups attached to an aromatic ring is 1. The third-order valence-electron chi connectivity index (χ3n) is 2.02. The Hall–Kier alpha value is -1.18. The zero-order valence-electron chi connectivity index (χ0n) is 8.72. The monoisotopic (exact) mass is 248 g/mol. The molecule has 0 saturated carbocycles. The number of hydrogen-bond donors (Lipinski definition) is 2. The zero-order chi connectivity index (χ0) is 12.3. The van der Waals surface area contributed by atoms with Gasteiger partial charge in [-0.2, -0.15) is 4.31 Å². The molecule has 7 heteroatoms. The molecule has 3 N–H and O–H groups in total. The fourth-order valence-corrected chi connectivity index (χ4v) is 2.40. The van der Waals surface area contributed by atoms with Crippen molar-refractivity contribution in [3.63, 3.8) is 0 Å². The Balaban J connectivity index is 3.16. The van der Waals surface area contributed by atoms with Crippen LogP contribution in [0.15, 0.2) is 23.1 Å². The summed E-state index contributed by atoms with van der Waals surface area (Å²) in [4.78, 5) is -0.221. The lowest BCUT2D eigenvalue weighted by molar-refractivity contribution is 0.266. The molecule has 1 aromatic carbocycles. The molecule has 0 unspecified atom stereocenters. The molecule has 1 rings (SSSR count). The second-order valence-corrected chi connectivity index (χ2v) is 5.32. The first-order valence-corrected chi connectivity index (χ1v) is 5.95. The van der Waals surface area contributed by atoms with Gasteiger partial charge in [-0.3, -0.25) is 0 Å². The number of likely N-dealkylation sites (N-methyl/N-ethyl adjacent to an activating group) is 1. The van der Waals surface area contributed by atoms with Gasteiger partial charge in [-0.15, -0.1) is 0 Å². The largest absolute Gasteiger partial charge is 0.399 e. The van der Waals surface area contributed by atoms with E-state index in [0.717, 1.165) is 16.4 Å². The minimum atomic E-state index is -3.79. The third kappa shape index (κ3) is 2.69. The fraction of sp³-hybridized carbons (Fsp3) is 0.333. The average molecular weight is 248 g/mol. The van der Waals surface area contributed by atoms with Gasteiger partial charge in [-0.1, -0.05) is 0 Å². The lowest BCUT2D eigenvalue weighted by atomic mass is 10.3. The predicted octanol–water partition coefficient (Wildman–Crippen LogP) is 0.0207. The van der Waals surface area contributed by atoms with E-state index in [-0.39, 0.29) is 23.7 Å². The number of anilines is 1. The number of aliphatic hydroxyl groups is 1. The highest BCUT2D eigenvalue weighted by molar-refractivity contribution is 7.89. The van der Waals surface area contributed by atoms with Crippen LogP contribution in [-0.4, -0.2) is 38.0 Å². The second-order valence-electron chi connectivity index (χ2n) is 3.27. The highest BCUT2D eigenvalue weighted by Gasteiger charge is 2.21. The molecule has 0 aliphatic heterocycles. The molecule has 0 radical (unpaired) electrons. The van der Waals surface area contributed by atoms with Gasteiger partial charge >= 0.3 is 0 Å². The Morgan fingerprint density at radius 3 is 2.56 bits per heavy atom. The van der Waals surface area contributed by atoms with Crippen LogP contribution in [0.1, 0.15) is 0 Å². The van der Waals surface area contributed by atoms with E-state index in [0.29, 0.717) is 0 Å². The molecular formula is C9H13FN2O3S. The van der Waals surface area contributed by atoms with E-state index in [1.54, 1.807) is 0 Å². The third-order valence-corrected chi connectivity index (χ3v) is 3.85. The van der Waals surface area contributed by atoms with Crippen LogP contribution in [0.25, 0.3) is 0 Å². The van der Waals surface area contributed by atoms with E-state index in [4.69, 9.17) is 10.8 Å². The van der Waals surface area contributed by atoms with Crippen LogP contribution < -0.4 is 5.73 Å². The molecule has 0 aliphatic rings. The van der Waals surface area contributed by atoms with Crippen molar-refractivity contribution in [2.24, 2.45) is 0 Å². The maximum atomic E-state index is 13.0. The first kappa shape index (κ1) is 12.9. The van der Waals surface area contributed by atoms with E-state index in [1.807, 2.05) is 0 Å². The summed E-state index contributed by atoms with van der Waals surface area (Å²) in [6.45, 7) is -0.362. The minimum Gasteiger partial charge on any atom is -0.399 e. The van der Waals surface area contributed by atoms with Crippen LogP contribution in [0, 0.1) is 5.82 Å². The molecule has 0 amide bonds. The van der Waals surface area contributed by atoms with E-state index in [1.165, 1.54) is 13.1 Å². The Kier molecular flexibility index (Phi) is 3.84. The number of rotatable bonds is 4. The van der Waals surface area contributed by atoms with Gasteiger partial charge in [-0.25, -0.2) is 12.8 Å². The Morgan fingerprint density at radius 2 is 2.06 bits per heavy atom. The number of nitrogens with zero attached hydrogens (tertiary/aromatic N) is 1. The highest BCUT2D eigenvalue weighted by atomic mass is 32.2. The van der Waals surface area contributed by atoms with Crippen molar-refractivity contribution in [3.05, 3.63) is 24.0 Å². The van der Waals surface area contributed by atoms with E-state index < -0.39 is 15.8 Å². The minimum absolute atomic E-state index is 0.0379. The van der Waals surface area contributed by atoms with Crippen molar-refractivity contribution >= 4 is 15.7 Å². The smallest absolute Gasteiger partial charge is 0.243 e. The van der Waals surface area contributed by atoms with Crippen LogP contribution in [0.5, 0.6) is 0 Å². The lowest BCUT2D eigenvalue weighted by Crippen LogP contribution is -2.29. The van der Waals surface area contributed by atoms with Gasteiger partial charge in [0.25, 0.3) is 0 Å². The molecule has 0 aliphatic carbocycles. The summed E-state index contributed by atoms with van der Waals surface area (Å²) in [7, 11) is -2.49. The molecule has 0 saturated heterocycles. The standard InChI is InChI=1S/C9H13FN2O3S/c1-12(2-3-13)16(14,15)9-5-7(10)4-8(11)6-9/h4-6,13H,2-3,11H2,1H3. The number of sulfonamides is 1. The summed E-state index contributed by atoms with van der Waals surface area (Å²) in [5, 5.41) is 8.65. The summed E-state index contributed by atoms with van der Waals surface area (Å²) >= 11 is 0. The van der Waals surface area contributed by atoms with Crippen LogP contribution in [0.2, 0.25) is 0 Å². The number of aliphatic hydroxyl groups excluding tert-OH is 1. The first-order valence-electron chi connectivity index (χ1n) is 4.51. The summed E-state index contributed by atoms with van der Waals surface area (Å²) < 4.78 is 37.6. The summed E-state index contributed by atoms with van der Waals surface area (Å²) in [6.07, 6.45) is 0. The first-order chi connectivity index (χ1) is 7.37. The molecule has 0 spiro atoms. The van der Waals surface area contributed by atoms with Crippen molar-refractivity contribution < 1.29 is 17.9 Å². The number of halogens is 1. The second kappa shape index (κ2) is 4.77. The van der Waals surface area contributed by atoms with Crippen LogP contribution >= 0.6 is 0 Å². The highest BCUT2D eigenvalue weighted by Crippen LogP contribution is 2.18. The molecule has 0 fully saturated rings. The maximum absolute atomic E-state index is 13.0. The van der Waals surface area contributed by atoms with Gasteiger partial charge < -0.3 is 10.8 Å². The molecule has 5 nitrogen and oxygen atoms in total.